The first kappa shape index (κ1) is 26.1. The van der Waals surface area contributed by atoms with Crippen molar-refractivity contribution in [2.24, 2.45) is 0 Å². The van der Waals surface area contributed by atoms with Gasteiger partial charge in [0.25, 0.3) is 0 Å². The predicted molar refractivity (Wildman–Crippen MR) is 139 cm³/mol. The summed E-state index contributed by atoms with van der Waals surface area (Å²) < 4.78 is 0. The molecule has 0 aliphatic rings. The average molecular weight is 518 g/mol. The molecule has 0 aliphatic carbocycles. The second-order valence-electron chi connectivity index (χ2n) is 8.02. The first-order chi connectivity index (χ1) is 16.4. The number of benzene rings is 3. The van der Waals surface area contributed by atoms with E-state index in [2.05, 4.69) is 5.32 Å². The summed E-state index contributed by atoms with van der Waals surface area (Å²) in [6.07, 6.45) is 1.23. The Labute approximate surface area is 215 Å². The van der Waals surface area contributed by atoms with Gasteiger partial charge in [-0.05, 0) is 41.3 Å². The molecule has 34 heavy (non-hydrogen) atoms. The largest absolute Gasteiger partial charge is 0.354 e. The molecule has 0 bridgehead atoms. The van der Waals surface area contributed by atoms with Gasteiger partial charge in [-0.2, -0.15) is 0 Å². The van der Waals surface area contributed by atoms with E-state index in [-0.39, 0.29) is 24.8 Å². The summed E-state index contributed by atoms with van der Waals surface area (Å²) >= 11 is 18.9. The number of nitrogens with one attached hydrogen (secondary N) is 1. The summed E-state index contributed by atoms with van der Waals surface area (Å²) in [5.41, 5.74) is 2.37. The summed E-state index contributed by atoms with van der Waals surface area (Å²) in [7, 11) is 0. The molecule has 0 radical (unpaired) electrons. The van der Waals surface area contributed by atoms with Crippen molar-refractivity contribution in [2.45, 2.75) is 38.8 Å². The summed E-state index contributed by atoms with van der Waals surface area (Å²) in [5, 5.41) is 4.41. The molecule has 0 saturated carbocycles. The fraction of sp³-hybridized carbons (Fsp3) is 0.259. The van der Waals surface area contributed by atoms with Gasteiger partial charge in [0.2, 0.25) is 11.8 Å². The zero-order valence-corrected chi connectivity index (χ0v) is 21.2. The third-order valence-corrected chi connectivity index (χ3v) is 6.43. The summed E-state index contributed by atoms with van der Waals surface area (Å²) in [6, 6.07) is 21.3. The molecule has 3 rings (SSSR count). The summed E-state index contributed by atoms with van der Waals surface area (Å²) in [6.45, 7) is 2.68. The lowest BCUT2D eigenvalue weighted by Gasteiger charge is -2.32. The third-order valence-electron chi connectivity index (χ3n) is 5.48. The van der Waals surface area contributed by atoms with Crippen LogP contribution in [0, 0.1) is 0 Å². The number of amides is 2. The fourth-order valence-corrected chi connectivity index (χ4v) is 4.33. The Bertz CT molecular complexity index is 1120. The normalized spacial score (nSPS) is 11.6. The van der Waals surface area contributed by atoms with Crippen molar-refractivity contribution in [3.8, 4) is 0 Å². The molecule has 0 spiro atoms. The van der Waals surface area contributed by atoms with Crippen molar-refractivity contribution in [1.82, 2.24) is 10.2 Å². The smallest absolute Gasteiger partial charge is 0.243 e. The molecule has 0 fully saturated rings. The highest BCUT2D eigenvalue weighted by molar-refractivity contribution is 6.35. The van der Waals surface area contributed by atoms with Gasteiger partial charge in [0.15, 0.2) is 0 Å². The van der Waals surface area contributed by atoms with Crippen molar-refractivity contribution in [2.75, 3.05) is 6.54 Å². The Morgan fingerprint density at radius 2 is 1.59 bits per heavy atom. The van der Waals surface area contributed by atoms with Crippen LogP contribution in [0.15, 0.2) is 72.8 Å². The van der Waals surface area contributed by atoms with Crippen LogP contribution in [0.25, 0.3) is 0 Å². The topological polar surface area (TPSA) is 49.4 Å². The molecule has 1 N–H and O–H groups in total. The van der Waals surface area contributed by atoms with E-state index < -0.39 is 6.04 Å². The zero-order chi connectivity index (χ0) is 24.5. The molecule has 0 saturated heterocycles. The molecule has 2 amide bonds. The molecule has 0 aliphatic heterocycles. The Balaban J connectivity index is 1.99. The minimum Gasteiger partial charge on any atom is -0.354 e. The molecule has 4 nitrogen and oxygen atoms in total. The first-order valence-electron chi connectivity index (χ1n) is 11.2. The van der Waals surface area contributed by atoms with Gasteiger partial charge in [-0.3, -0.25) is 9.59 Å². The molecular weight excluding hydrogens is 491 g/mol. The van der Waals surface area contributed by atoms with E-state index in [1.807, 2.05) is 55.5 Å². The van der Waals surface area contributed by atoms with E-state index >= 15 is 0 Å². The van der Waals surface area contributed by atoms with Crippen LogP contribution in [0.5, 0.6) is 0 Å². The highest BCUT2D eigenvalue weighted by atomic mass is 35.5. The van der Waals surface area contributed by atoms with Crippen LogP contribution in [0.3, 0.4) is 0 Å². The fourth-order valence-electron chi connectivity index (χ4n) is 3.66. The summed E-state index contributed by atoms with van der Waals surface area (Å²) in [5.74, 6) is -0.421. The van der Waals surface area contributed by atoms with Gasteiger partial charge >= 0.3 is 0 Å². The highest BCUT2D eigenvalue weighted by Gasteiger charge is 2.31. The predicted octanol–water partition coefficient (Wildman–Crippen LogP) is 6.36. The Hall–Kier alpha value is -2.53. The van der Waals surface area contributed by atoms with E-state index in [9.17, 15) is 9.59 Å². The number of nitrogens with zero attached hydrogens (tertiary/aromatic N) is 1. The monoisotopic (exact) mass is 516 g/mol. The van der Waals surface area contributed by atoms with Gasteiger partial charge in [-0.1, -0.05) is 96.3 Å². The SMILES string of the molecule is CCCNC(=O)[C@H](Cc1ccccc1)N(Cc1ccc(Cl)cc1Cl)C(=O)Cc1ccccc1Cl. The van der Waals surface area contributed by atoms with Gasteiger partial charge in [0.05, 0.1) is 6.42 Å². The highest BCUT2D eigenvalue weighted by Crippen LogP contribution is 2.25. The van der Waals surface area contributed by atoms with Crippen LogP contribution in [-0.2, 0) is 29.0 Å². The van der Waals surface area contributed by atoms with Crippen molar-refractivity contribution < 1.29 is 9.59 Å². The van der Waals surface area contributed by atoms with Crippen molar-refractivity contribution in [1.29, 1.82) is 0 Å². The Kier molecular flexibility index (Phi) is 9.82. The minimum absolute atomic E-state index is 0.0667. The van der Waals surface area contributed by atoms with Gasteiger partial charge in [-0.25, -0.2) is 0 Å². The van der Waals surface area contributed by atoms with Crippen molar-refractivity contribution >= 4 is 46.6 Å². The lowest BCUT2D eigenvalue weighted by atomic mass is 10.0. The first-order valence-corrected chi connectivity index (χ1v) is 12.3. The van der Waals surface area contributed by atoms with Gasteiger partial charge in [-0.15, -0.1) is 0 Å². The number of halogens is 3. The van der Waals surface area contributed by atoms with E-state index in [0.29, 0.717) is 39.2 Å². The van der Waals surface area contributed by atoms with Crippen LogP contribution in [0.1, 0.15) is 30.0 Å². The lowest BCUT2D eigenvalue weighted by Crippen LogP contribution is -2.51. The average Bonchev–Trinajstić information content (AvgIpc) is 2.83. The standard InChI is InChI=1S/C27H27Cl3N2O2/c1-2-14-31-27(34)25(15-19-8-4-3-5-9-19)32(18-21-12-13-22(28)17-24(21)30)26(33)16-20-10-6-7-11-23(20)29/h3-13,17,25H,2,14-16,18H2,1H3,(H,31,34)/t25-/m0/s1. The summed E-state index contributed by atoms with van der Waals surface area (Å²) in [4.78, 5) is 28.6. The number of carbonyl (C=O) groups excluding carboxylic acids is 2. The van der Waals surface area contributed by atoms with Gasteiger partial charge in [0, 0.05) is 34.6 Å². The second kappa shape index (κ2) is 12.8. The van der Waals surface area contributed by atoms with Crippen LogP contribution in [0.2, 0.25) is 15.1 Å². The molecule has 7 heteroatoms. The van der Waals surface area contributed by atoms with Crippen molar-refractivity contribution in [3.63, 3.8) is 0 Å². The van der Waals surface area contributed by atoms with Crippen molar-refractivity contribution in [3.05, 3.63) is 105 Å². The third kappa shape index (κ3) is 7.23. The van der Waals surface area contributed by atoms with E-state index in [1.165, 1.54) is 0 Å². The zero-order valence-electron chi connectivity index (χ0n) is 18.9. The van der Waals surface area contributed by atoms with E-state index in [0.717, 1.165) is 12.0 Å². The molecule has 1 atom stereocenters. The number of carbonyl (C=O) groups is 2. The Morgan fingerprint density at radius 1 is 0.882 bits per heavy atom. The molecule has 0 aromatic heterocycles. The molecule has 0 unspecified atom stereocenters. The lowest BCUT2D eigenvalue weighted by molar-refractivity contribution is -0.140. The molecule has 3 aromatic carbocycles. The second-order valence-corrected chi connectivity index (χ2v) is 9.27. The van der Waals surface area contributed by atoms with Crippen LogP contribution < -0.4 is 5.32 Å². The number of rotatable bonds is 10. The maximum Gasteiger partial charge on any atom is 0.243 e. The maximum atomic E-state index is 13.7. The number of hydrogen-bond acceptors (Lipinski definition) is 2. The van der Waals surface area contributed by atoms with Gasteiger partial charge in [0.1, 0.15) is 6.04 Å². The van der Waals surface area contributed by atoms with E-state index in [1.54, 1.807) is 29.2 Å². The molecular formula is C27H27Cl3N2O2. The number of hydrogen-bond donors (Lipinski definition) is 1. The maximum absolute atomic E-state index is 13.7. The van der Waals surface area contributed by atoms with Crippen LogP contribution in [0.4, 0.5) is 0 Å². The van der Waals surface area contributed by atoms with Crippen LogP contribution >= 0.6 is 34.8 Å². The molecule has 0 heterocycles. The minimum atomic E-state index is -0.726. The van der Waals surface area contributed by atoms with Crippen LogP contribution in [-0.4, -0.2) is 29.3 Å². The molecule has 3 aromatic rings. The quantitative estimate of drug-likeness (QED) is 0.340. The molecule has 178 valence electrons. The van der Waals surface area contributed by atoms with Gasteiger partial charge < -0.3 is 10.2 Å². The van der Waals surface area contributed by atoms with E-state index in [4.69, 9.17) is 34.8 Å². The Morgan fingerprint density at radius 3 is 2.26 bits per heavy atom.